The van der Waals surface area contributed by atoms with Crippen LogP contribution in [-0.2, 0) is 4.79 Å². The van der Waals surface area contributed by atoms with Crippen LogP contribution in [0.1, 0.15) is 25.3 Å². The number of para-hydroxylation sites is 1. The molecule has 0 unspecified atom stereocenters. The quantitative estimate of drug-likeness (QED) is 0.866. The Bertz CT molecular complexity index is 425. The van der Waals surface area contributed by atoms with Gasteiger partial charge in [0.15, 0.2) is 0 Å². The first-order valence-corrected chi connectivity index (χ1v) is 6.98. The lowest BCUT2D eigenvalue weighted by Gasteiger charge is -2.26. The Hall–Kier alpha value is -1.39. The van der Waals surface area contributed by atoms with Crippen LogP contribution in [0.3, 0.4) is 0 Å². The number of carbonyl (C=O) groups excluding carboxylic acids is 1. The van der Waals surface area contributed by atoms with Crippen LogP contribution in [0.15, 0.2) is 24.3 Å². The number of hydrogen-bond donors (Lipinski definition) is 2. The molecule has 0 bridgehead atoms. The summed E-state index contributed by atoms with van der Waals surface area (Å²) in [6.07, 6.45) is 0. The van der Waals surface area contributed by atoms with Crippen molar-refractivity contribution in [1.29, 1.82) is 0 Å². The van der Waals surface area contributed by atoms with E-state index in [1.807, 2.05) is 18.2 Å². The van der Waals surface area contributed by atoms with E-state index in [0.717, 1.165) is 31.9 Å². The molecule has 1 saturated heterocycles. The smallest absolute Gasteiger partial charge is 0.238 e. The molecule has 1 aliphatic heterocycles. The third-order valence-corrected chi connectivity index (χ3v) is 3.43. The summed E-state index contributed by atoms with van der Waals surface area (Å²) in [6.45, 7) is 8.58. The van der Waals surface area contributed by atoms with Crippen LogP contribution in [0.5, 0.6) is 0 Å². The highest BCUT2D eigenvalue weighted by atomic mass is 16.2. The molecule has 0 radical (unpaired) electrons. The van der Waals surface area contributed by atoms with E-state index in [0.29, 0.717) is 12.5 Å². The Morgan fingerprint density at radius 2 is 2.00 bits per heavy atom. The van der Waals surface area contributed by atoms with Crippen molar-refractivity contribution in [3.8, 4) is 0 Å². The van der Waals surface area contributed by atoms with E-state index >= 15 is 0 Å². The van der Waals surface area contributed by atoms with Gasteiger partial charge in [-0.05, 0) is 17.5 Å². The number of rotatable bonds is 4. The summed E-state index contributed by atoms with van der Waals surface area (Å²) in [7, 11) is 0. The predicted molar refractivity (Wildman–Crippen MR) is 78.5 cm³/mol. The number of hydrogen-bond acceptors (Lipinski definition) is 3. The molecular weight excluding hydrogens is 238 g/mol. The Morgan fingerprint density at radius 1 is 1.32 bits per heavy atom. The Labute approximate surface area is 115 Å². The highest BCUT2D eigenvalue weighted by Crippen LogP contribution is 2.23. The van der Waals surface area contributed by atoms with Gasteiger partial charge in [-0.15, -0.1) is 0 Å². The van der Waals surface area contributed by atoms with E-state index in [2.05, 4.69) is 35.4 Å². The lowest BCUT2D eigenvalue weighted by Crippen LogP contribution is -2.46. The second-order valence-electron chi connectivity index (χ2n) is 5.32. The molecule has 4 nitrogen and oxygen atoms in total. The van der Waals surface area contributed by atoms with Gasteiger partial charge in [0, 0.05) is 31.9 Å². The van der Waals surface area contributed by atoms with Crippen molar-refractivity contribution in [1.82, 2.24) is 10.2 Å². The van der Waals surface area contributed by atoms with Gasteiger partial charge < -0.3 is 10.6 Å². The molecular formula is C15H23N3O. The first-order valence-electron chi connectivity index (χ1n) is 6.98. The standard InChI is InChI=1S/C15H23N3O/c1-12(2)13-5-3-4-6-14(13)17-15(19)11-18-9-7-16-8-10-18/h3-6,12,16H,7-11H2,1-2H3,(H,17,19). The van der Waals surface area contributed by atoms with E-state index in [-0.39, 0.29) is 5.91 Å². The van der Waals surface area contributed by atoms with Crippen molar-refractivity contribution < 1.29 is 4.79 Å². The molecule has 104 valence electrons. The van der Waals surface area contributed by atoms with Crippen LogP contribution >= 0.6 is 0 Å². The molecule has 1 heterocycles. The summed E-state index contributed by atoms with van der Waals surface area (Å²) < 4.78 is 0. The van der Waals surface area contributed by atoms with Gasteiger partial charge in [0.1, 0.15) is 0 Å². The van der Waals surface area contributed by atoms with Crippen molar-refractivity contribution >= 4 is 11.6 Å². The van der Waals surface area contributed by atoms with Crippen LogP contribution in [0.25, 0.3) is 0 Å². The molecule has 1 aromatic carbocycles. The number of carbonyl (C=O) groups is 1. The second-order valence-corrected chi connectivity index (χ2v) is 5.32. The molecule has 19 heavy (non-hydrogen) atoms. The Kier molecular flexibility index (Phi) is 4.93. The molecule has 1 aromatic rings. The zero-order valence-corrected chi connectivity index (χ0v) is 11.8. The Balaban J connectivity index is 1.94. The number of anilines is 1. The lowest BCUT2D eigenvalue weighted by molar-refractivity contribution is -0.117. The molecule has 1 fully saturated rings. The molecule has 0 aliphatic carbocycles. The molecule has 4 heteroatoms. The van der Waals surface area contributed by atoms with E-state index in [9.17, 15) is 4.79 Å². The molecule has 0 spiro atoms. The van der Waals surface area contributed by atoms with E-state index in [4.69, 9.17) is 0 Å². The van der Waals surface area contributed by atoms with Crippen molar-refractivity contribution in [2.75, 3.05) is 38.0 Å². The van der Waals surface area contributed by atoms with Gasteiger partial charge in [-0.25, -0.2) is 0 Å². The van der Waals surface area contributed by atoms with E-state index in [1.165, 1.54) is 5.56 Å². The zero-order valence-electron chi connectivity index (χ0n) is 11.8. The maximum Gasteiger partial charge on any atom is 0.238 e. The van der Waals surface area contributed by atoms with Crippen LogP contribution in [-0.4, -0.2) is 43.5 Å². The van der Waals surface area contributed by atoms with Gasteiger partial charge in [0.05, 0.1) is 6.54 Å². The number of amides is 1. The number of nitrogens with one attached hydrogen (secondary N) is 2. The summed E-state index contributed by atoms with van der Waals surface area (Å²) in [5.41, 5.74) is 2.13. The number of nitrogens with zero attached hydrogens (tertiary/aromatic N) is 1. The van der Waals surface area contributed by atoms with Crippen molar-refractivity contribution in [2.24, 2.45) is 0 Å². The molecule has 0 atom stereocenters. The highest BCUT2D eigenvalue weighted by molar-refractivity contribution is 5.93. The summed E-state index contributed by atoms with van der Waals surface area (Å²) >= 11 is 0. The van der Waals surface area contributed by atoms with Gasteiger partial charge in [0.2, 0.25) is 5.91 Å². The minimum atomic E-state index is 0.0787. The average Bonchev–Trinajstić information content (AvgIpc) is 2.40. The van der Waals surface area contributed by atoms with Crippen LogP contribution in [0.2, 0.25) is 0 Å². The Morgan fingerprint density at radius 3 is 2.68 bits per heavy atom. The molecule has 1 amide bonds. The summed E-state index contributed by atoms with van der Waals surface area (Å²) in [5.74, 6) is 0.491. The molecule has 0 aromatic heterocycles. The van der Waals surface area contributed by atoms with Crippen LogP contribution in [0.4, 0.5) is 5.69 Å². The average molecular weight is 261 g/mol. The maximum absolute atomic E-state index is 12.1. The fraction of sp³-hybridized carbons (Fsp3) is 0.533. The number of benzene rings is 1. The van der Waals surface area contributed by atoms with Crippen molar-refractivity contribution in [3.05, 3.63) is 29.8 Å². The fourth-order valence-corrected chi connectivity index (χ4v) is 2.38. The molecule has 0 saturated carbocycles. The second kappa shape index (κ2) is 6.68. The SMILES string of the molecule is CC(C)c1ccccc1NC(=O)CN1CCNCC1. The summed E-state index contributed by atoms with van der Waals surface area (Å²) in [4.78, 5) is 14.3. The van der Waals surface area contributed by atoms with Gasteiger partial charge in [-0.3, -0.25) is 9.69 Å². The first kappa shape index (κ1) is 14.0. The minimum Gasteiger partial charge on any atom is -0.325 e. The molecule has 2 rings (SSSR count). The van der Waals surface area contributed by atoms with Gasteiger partial charge >= 0.3 is 0 Å². The topological polar surface area (TPSA) is 44.4 Å². The summed E-state index contributed by atoms with van der Waals surface area (Å²) in [5, 5.41) is 6.33. The van der Waals surface area contributed by atoms with Crippen molar-refractivity contribution in [3.63, 3.8) is 0 Å². The van der Waals surface area contributed by atoms with E-state index < -0.39 is 0 Å². The summed E-state index contributed by atoms with van der Waals surface area (Å²) in [6, 6.07) is 8.03. The monoisotopic (exact) mass is 261 g/mol. The molecule has 2 N–H and O–H groups in total. The third-order valence-electron chi connectivity index (χ3n) is 3.43. The fourth-order valence-electron chi connectivity index (χ4n) is 2.38. The highest BCUT2D eigenvalue weighted by Gasteiger charge is 2.14. The molecule has 1 aliphatic rings. The number of piperazine rings is 1. The predicted octanol–water partition coefficient (Wildman–Crippen LogP) is 1.65. The largest absolute Gasteiger partial charge is 0.325 e. The van der Waals surface area contributed by atoms with E-state index in [1.54, 1.807) is 0 Å². The van der Waals surface area contributed by atoms with Gasteiger partial charge in [-0.2, -0.15) is 0 Å². The van der Waals surface area contributed by atoms with Crippen LogP contribution in [0, 0.1) is 0 Å². The lowest BCUT2D eigenvalue weighted by atomic mass is 10.0. The van der Waals surface area contributed by atoms with Crippen LogP contribution < -0.4 is 10.6 Å². The zero-order chi connectivity index (χ0) is 13.7. The normalized spacial score (nSPS) is 16.6. The maximum atomic E-state index is 12.1. The third kappa shape index (κ3) is 4.04. The first-order chi connectivity index (χ1) is 9.16. The minimum absolute atomic E-state index is 0.0787. The van der Waals surface area contributed by atoms with Gasteiger partial charge in [0.25, 0.3) is 0 Å². The van der Waals surface area contributed by atoms with Crippen molar-refractivity contribution in [2.45, 2.75) is 19.8 Å². The van der Waals surface area contributed by atoms with Gasteiger partial charge in [-0.1, -0.05) is 32.0 Å².